The largest absolute Gasteiger partial charge is 0.324 e. The fourth-order valence-corrected chi connectivity index (χ4v) is 3.59. The lowest BCUT2D eigenvalue weighted by atomic mass is 10.2. The molecule has 0 saturated carbocycles. The SMILES string of the molecule is CC(=O)N(Cc1ccc(F)cc1)c1nc2ccccc2n(CC(=O)Nc2cc(F)cc(F)c2)c1=O. The number of hydrogen-bond acceptors (Lipinski definition) is 4. The number of nitrogens with one attached hydrogen (secondary N) is 1. The molecule has 35 heavy (non-hydrogen) atoms. The minimum absolute atomic E-state index is 0.0506. The minimum atomic E-state index is -0.869. The Labute approximate surface area is 197 Å². The van der Waals surface area contributed by atoms with Crippen LogP contribution in [0.25, 0.3) is 11.0 Å². The summed E-state index contributed by atoms with van der Waals surface area (Å²) >= 11 is 0. The molecule has 0 aliphatic carbocycles. The van der Waals surface area contributed by atoms with Crippen molar-refractivity contribution in [2.45, 2.75) is 20.0 Å². The predicted octanol–water partition coefficient (Wildman–Crippen LogP) is 4.01. The van der Waals surface area contributed by atoms with Gasteiger partial charge in [0.1, 0.15) is 24.0 Å². The Morgan fingerprint density at radius 3 is 2.26 bits per heavy atom. The number of amides is 2. The second-order valence-electron chi connectivity index (χ2n) is 7.75. The van der Waals surface area contributed by atoms with Crippen LogP contribution in [0.5, 0.6) is 0 Å². The van der Waals surface area contributed by atoms with E-state index in [0.717, 1.165) is 21.6 Å². The first-order valence-corrected chi connectivity index (χ1v) is 10.5. The minimum Gasteiger partial charge on any atom is -0.324 e. The van der Waals surface area contributed by atoms with Crippen molar-refractivity contribution < 1.29 is 22.8 Å². The van der Waals surface area contributed by atoms with Gasteiger partial charge in [-0.3, -0.25) is 23.9 Å². The Morgan fingerprint density at radius 2 is 1.60 bits per heavy atom. The van der Waals surface area contributed by atoms with E-state index in [2.05, 4.69) is 10.3 Å². The summed E-state index contributed by atoms with van der Waals surface area (Å²) in [7, 11) is 0. The Bertz CT molecular complexity index is 1470. The van der Waals surface area contributed by atoms with Crippen LogP contribution in [0.2, 0.25) is 0 Å². The van der Waals surface area contributed by atoms with Gasteiger partial charge < -0.3 is 5.32 Å². The number of para-hydroxylation sites is 2. The fourth-order valence-electron chi connectivity index (χ4n) is 3.59. The van der Waals surface area contributed by atoms with Crippen LogP contribution in [0.15, 0.2) is 71.5 Å². The van der Waals surface area contributed by atoms with Crippen molar-refractivity contribution in [3.05, 3.63) is 100 Å². The molecule has 10 heteroatoms. The highest BCUT2D eigenvalue weighted by molar-refractivity contribution is 5.93. The van der Waals surface area contributed by atoms with Crippen LogP contribution in [-0.4, -0.2) is 21.4 Å². The Balaban J connectivity index is 1.73. The van der Waals surface area contributed by atoms with Crippen molar-refractivity contribution in [2.75, 3.05) is 10.2 Å². The lowest BCUT2D eigenvalue weighted by Gasteiger charge is -2.21. The molecule has 0 aliphatic rings. The first kappa shape index (κ1) is 23.7. The number of carbonyl (C=O) groups is 2. The van der Waals surface area contributed by atoms with Crippen molar-refractivity contribution in [3.8, 4) is 0 Å². The predicted molar refractivity (Wildman–Crippen MR) is 124 cm³/mol. The third-order valence-corrected chi connectivity index (χ3v) is 5.17. The summed E-state index contributed by atoms with van der Waals surface area (Å²) in [5, 5.41) is 2.37. The van der Waals surface area contributed by atoms with E-state index in [1.165, 1.54) is 31.2 Å². The smallest absolute Gasteiger partial charge is 0.294 e. The van der Waals surface area contributed by atoms with Crippen LogP contribution < -0.4 is 15.8 Å². The number of benzene rings is 3. The lowest BCUT2D eigenvalue weighted by Crippen LogP contribution is -2.38. The average molecular weight is 480 g/mol. The summed E-state index contributed by atoms with van der Waals surface area (Å²) in [6, 6.07) is 14.5. The van der Waals surface area contributed by atoms with Gasteiger partial charge in [-0.05, 0) is 42.0 Å². The summed E-state index contributed by atoms with van der Waals surface area (Å²) in [5.74, 6) is -3.60. The third-order valence-electron chi connectivity index (χ3n) is 5.17. The van der Waals surface area contributed by atoms with Gasteiger partial charge in [0.25, 0.3) is 5.56 Å². The normalized spacial score (nSPS) is 10.9. The van der Waals surface area contributed by atoms with E-state index >= 15 is 0 Å². The number of aromatic nitrogens is 2. The van der Waals surface area contributed by atoms with E-state index in [1.807, 2.05) is 0 Å². The van der Waals surface area contributed by atoms with Crippen LogP contribution >= 0.6 is 0 Å². The molecule has 1 aromatic heterocycles. The standard InChI is InChI=1S/C25H19F3N4O3/c1-15(33)31(13-16-6-8-17(26)9-7-16)24-25(35)32(22-5-3-2-4-21(22)30-24)14-23(34)29-20-11-18(27)10-19(28)12-20/h2-12H,13-14H2,1H3,(H,29,34). The highest BCUT2D eigenvalue weighted by Gasteiger charge is 2.22. The van der Waals surface area contributed by atoms with Gasteiger partial charge in [-0.25, -0.2) is 18.2 Å². The molecule has 0 fully saturated rings. The molecule has 4 rings (SSSR count). The van der Waals surface area contributed by atoms with Gasteiger partial charge in [0.15, 0.2) is 0 Å². The van der Waals surface area contributed by atoms with Gasteiger partial charge in [0.05, 0.1) is 17.6 Å². The van der Waals surface area contributed by atoms with Crippen LogP contribution in [0.4, 0.5) is 24.7 Å². The number of halogens is 3. The molecule has 0 unspecified atom stereocenters. The summed E-state index contributed by atoms with van der Waals surface area (Å²) in [6.45, 7) is 0.704. The lowest BCUT2D eigenvalue weighted by molar-refractivity contribution is -0.117. The van der Waals surface area contributed by atoms with E-state index in [1.54, 1.807) is 24.3 Å². The molecule has 4 aromatic rings. The molecule has 0 aliphatic heterocycles. The zero-order valence-electron chi connectivity index (χ0n) is 18.5. The summed E-state index contributed by atoms with van der Waals surface area (Å²) < 4.78 is 41.4. The second kappa shape index (κ2) is 9.80. The molecule has 0 bridgehead atoms. The molecule has 178 valence electrons. The molecule has 2 amide bonds. The van der Waals surface area contributed by atoms with Gasteiger partial charge in [0, 0.05) is 18.7 Å². The third kappa shape index (κ3) is 5.37. The van der Waals surface area contributed by atoms with Crippen LogP contribution in [0.3, 0.4) is 0 Å². The molecule has 0 spiro atoms. The van der Waals surface area contributed by atoms with Crippen molar-refractivity contribution in [2.24, 2.45) is 0 Å². The molecule has 1 heterocycles. The van der Waals surface area contributed by atoms with Crippen molar-refractivity contribution in [3.63, 3.8) is 0 Å². The van der Waals surface area contributed by atoms with Crippen molar-refractivity contribution in [1.82, 2.24) is 9.55 Å². The maximum atomic E-state index is 13.5. The summed E-state index contributed by atoms with van der Waals surface area (Å²) in [4.78, 5) is 44.0. The average Bonchev–Trinajstić information content (AvgIpc) is 2.79. The van der Waals surface area contributed by atoms with Crippen LogP contribution in [-0.2, 0) is 22.7 Å². The van der Waals surface area contributed by atoms with E-state index in [0.29, 0.717) is 22.7 Å². The van der Waals surface area contributed by atoms with Gasteiger partial charge in [-0.2, -0.15) is 0 Å². The Kier molecular flexibility index (Phi) is 6.63. The number of hydrogen-bond donors (Lipinski definition) is 1. The Morgan fingerprint density at radius 1 is 0.943 bits per heavy atom. The summed E-state index contributed by atoms with van der Waals surface area (Å²) in [6.07, 6.45) is 0. The molecule has 0 atom stereocenters. The van der Waals surface area contributed by atoms with Crippen LogP contribution in [0, 0.1) is 17.5 Å². The topological polar surface area (TPSA) is 84.3 Å². The first-order chi connectivity index (χ1) is 16.7. The molecule has 7 nitrogen and oxygen atoms in total. The number of fused-ring (bicyclic) bond motifs is 1. The second-order valence-corrected chi connectivity index (χ2v) is 7.75. The van der Waals surface area contributed by atoms with Gasteiger partial charge in [-0.15, -0.1) is 0 Å². The molecular formula is C25H19F3N4O3. The quantitative estimate of drug-likeness (QED) is 0.452. The van der Waals surface area contributed by atoms with Crippen molar-refractivity contribution >= 4 is 34.4 Å². The van der Waals surface area contributed by atoms with E-state index in [9.17, 15) is 27.6 Å². The van der Waals surface area contributed by atoms with Gasteiger partial charge >= 0.3 is 0 Å². The van der Waals surface area contributed by atoms with Crippen LogP contribution in [0.1, 0.15) is 12.5 Å². The highest BCUT2D eigenvalue weighted by atomic mass is 19.1. The number of nitrogens with zero attached hydrogens (tertiary/aromatic N) is 3. The van der Waals surface area contributed by atoms with Gasteiger partial charge in [-0.1, -0.05) is 24.3 Å². The molecular weight excluding hydrogens is 461 g/mol. The highest BCUT2D eigenvalue weighted by Crippen LogP contribution is 2.18. The molecule has 3 aromatic carbocycles. The number of carbonyl (C=O) groups excluding carboxylic acids is 2. The summed E-state index contributed by atoms with van der Waals surface area (Å²) in [5.41, 5.74) is 0.403. The van der Waals surface area contributed by atoms with E-state index in [4.69, 9.17) is 0 Å². The number of rotatable bonds is 6. The zero-order chi connectivity index (χ0) is 25.1. The van der Waals surface area contributed by atoms with Gasteiger partial charge in [0.2, 0.25) is 17.6 Å². The maximum Gasteiger partial charge on any atom is 0.294 e. The van der Waals surface area contributed by atoms with E-state index in [-0.39, 0.29) is 18.1 Å². The van der Waals surface area contributed by atoms with E-state index < -0.39 is 41.4 Å². The fraction of sp³-hybridized carbons (Fsp3) is 0.120. The molecule has 0 saturated heterocycles. The zero-order valence-corrected chi connectivity index (χ0v) is 18.5. The number of anilines is 2. The maximum absolute atomic E-state index is 13.5. The van der Waals surface area contributed by atoms with Crippen molar-refractivity contribution in [1.29, 1.82) is 0 Å². The Hall–Kier alpha value is -4.47. The molecule has 1 N–H and O–H groups in total. The monoisotopic (exact) mass is 480 g/mol. The first-order valence-electron chi connectivity index (χ1n) is 10.5. The molecule has 0 radical (unpaired) electrons.